The van der Waals surface area contributed by atoms with E-state index in [2.05, 4.69) is 16.4 Å². The minimum absolute atomic E-state index is 0.288. The molecule has 28 heavy (non-hydrogen) atoms. The summed E-state index contributed by atoms with van der Waals surface area (Å²) in [4.78, 5) is 28.8. The molecule has 0 aliphatic heterocycles. The highest BCUT2D eigenvalue weighted by atomic mass is 35.5. The van der Waals surface area contributed by atoms with Crippen molar-refractivity contribution in [2.75, 3.05) is 5.32 Å². The van der Waals surface area contributed by atoms with Gasteiger partial charge >= 0.3 is 5.97 Å². The smallest absolute Gasteiger partial charge is 0.347 e. The molecule has 0 fully saturated rings. The quantitative estimate of drug-likeness (QED) is 0.554. The molecule has 0 aliphatic carbocycles. The molecule has 0 saturated carbocycles. The molecule has 0 bridgehead atoms. The van der Waals surface area contributed by atoms with E-state index >= 15 is 0 Å². The summed E-state index contributed by atoms with van der Waals surface area (Å²) in [6, 6.07) is 14.5. The number of benzene rings is 2. The van der Waals surface area contributed by atoms with Crippen molar-refractivity contribution in [3.63, 3.8) is 0 Å². The zero-order valence-electron chi connectivity index (χ0n) is 15.2. The van der Waals surface area contributed by atoms with E-state index in [4.69, 9.17) is 16.7 Å². The highest BCUT2D eigenvalue weighted by Gasteiger charge is 2.13. The Hall–Kier alpha value is -2.96. The Morgan fingerprint density at radius 2 is 1.86 bits per heavy atom. The maximum atomic E-state index is 12.5. The summed E-state index contributed by atoms with van der Waals surface area (Å²) < 4.78 is 0. The van der Waals surface area contributed by atoms with Gasteiger partial charge in [0.2, 0.25) is 0 Å². The van der Waals surface area contributed by atoms with Gasteiger partial charge in [0.05, 0.1) is 5.69 Å². The Morgan fingerprint density at radius 1 is 1.14 bits per heavy atom. The second-order valence-corrected chi connectivity index (χ2v) is 7.78. The van der Waals surface area contributed by atoms with E-state index in [1.807, 2.05) is 32.0 Å². The van der Waals surface area contributed by atoms with E-state index in [9.17, 15) is 9.59 Å². The van der Waals surface area contributed by atoms with Gasteiger partial charge in [0, 0.05) is 16.0 Å². The van der Waals surface area contributed by atoms with Gasteiger partial charge in [-0.05, 0) is 43.7 Å². The second kappa shape index (κ2) is 8.37. The minimum Gasteiger partial charge on any atom is -0.477 e. The third-order valence-corrected chi connectivity index (χ3v) is 5.14. The van der Waals surface area contributed by atoms with E-state index in [0.717, 1.165) is 21.7 Å². The summed E-state index contributed by atoms with van der Waals surface area (Å²) in [6.45, 7) is 3.99. The number of aliphatic carboxylic acids is 1. The number of hydrogen-bond acceptors (Lipinski definition) is 4. The zero-order valence-corrected chi connectivity index (χ0v) is 16.8. The fraction of sp³-hybridized carbons (Fsp3) is 0.0952. The first-order chi connectivity index (χ1) is 13.3. The maximum Gasteiger partial charge on any atom is 0.347 e. The number of carbonyl (C=O) groups excluding carboxylic acids is 1. The Kier molecular flexibility index (Phi) is 5.92. The Balaban J connectivity index is 1.76. The highest BCUT2D eigenvalue weighted by molar-refractivity contribution is 7.16. The van der Waals surface area contributed by atoms with Crippen molar-refractivity contribution in [2.24, 2.45) is 0 Å². The Bertz CT molecular complexity index is 1070. The maximum absolute atomic E-state index is 12.5. The fourth-order valence-corrected chi connectivity index (χ4v) is 3.57. The van der Waals surface area contributed by atoms with Gasteiger partial charge in [-0.1, -0.05) is 47.5 Å². The molecule has 142 valence electrons. The summed E-state index contributed by atoms with van der Waals surface area (Å²) in [5.74, 6) is -1.49. The van der Waals surface area contributed by atoms with Crippen LogP contribution in [0.2, 0.25) is 0 Å². The van der Waals surface area contributed by atoms with E-state index < -0.39 is 5.97 Å². The lowest BCUT2D eigenvalue weighted by molar-refractivity contribution is -0.131. The van der Waals surface area contributed by atoms with Crippen molar-refractivity contribution < 1.29 is 14.7 Å². The van der Waals surface area contributed by atoms with Crippen molar-refractivity contribution in [1.82, 2.24) is 4.98 Å². The molecular formula is C21H17ClN2O3S. The predicted octanol–water partition coefficient (Wildman–Crippen LogP) is 5.34. The number of nitrogens with zero attached hydrogens (tertiary/aromatic N) is 1. The molecule has 3 aromatic rings. The van der Waals surface area contributed by atoms with Crippen molar-refractivity contribution in [2.45, 2.75) is 13.8 Å². The SMILES string of the molecule is Cc1cccc(-c2nc(NC(=O)c3ccc(/C=C(\Cl)C(=O)O)cc3)sc2C)c1. The second-order valence-electron chi connectivity index (χ2n) is 6.17. The van der Waals surface area contributed by atoms with Crippen molar-refractivity contribution >= 4 is 46.0 Å². The van der Waals surface area contributed by atoms with Crippen LogP contribution in [0.1, 0.15) is 26.4 Å². The molecule has 1 amide bonds. The van der Waals surface area contributed by atoms with E-state index in [0.29, 0.717) is 16.3 Å². The molecule has 2 N–H and O–H groups in total. The van der Waals surface area contributed by atoms with Crippen LogP contribution < -0.4 is 5.32 Å². The molecule has 0 unspecified atom stereocenters. The molecule has 5 nitrogen and oxygen atoms in total. The average molecular weight is 413 g/mol. The van der Waals surface area contributed by atoms with Gasteiger partial charge in [-0.3, -0.25) is 10.1 Å². The number of rotatable bonds is 5. The highest BCUT2D eigenvalue weighted by Crippen LogP contribution is 2.31. The third kappa shape index (κ3) is 4.65. The summed E-state index contributed by atoms with van der Waals surface area (Å²) >= 11 is 7.03. The van der Waals surface area contributed by atoms with Gasteiger partial charge in [-0.15, -0.1) is 11.3 Å². The van der Waals surface area contributed by atoms with Crippen LogP contribution in [0, 0.1) is 13.8 Å². The number of halogens is 1. The lowest BCUT2D eigenvalue weighted by Gasteiger charge is -2.03. The Labute approximate surface area is 171 Å². The standard InChI is InChI=1S/C21H17ClN2O3S/c1-12-4-3-5-16(10-12)18-13(2)28-21(23-18)24-19(25)15-8-6-14(7-9-15)11-17(22)20(26)27/h3-11H,1-2H3,(H,26,27)(H,23,24,25)/b17-11-. The molecule has 0 atom stereocenters. The van der Waals surface area contributed by atoms with Crippen LogP contribution in [0.3, 0.4) is 0 Å². The van der Waals surface area contributed by atoms with Gasteiger partial charge in [0.1, 0.15) is 5.03 Å². The van der Waals surface area contributed by atoms with Crippen LogP contribution in [0.25, 0.3) is 17.3 Å². The topological polar surface area (TPSA) is 79.3 Å². The molecule has 1 heterocycles. The average Bonchev–Trinajstić information content (AvgIpc) is 3.02. The first kappa shape index (κ1) is 19.8. The van der Waals surface area contributed by atoms with Gasteiger partial charge in [-0.2, -0.15) is 0 Å². The number of anilines is 1. The number of carbonyl (C=O) groups is 2. The number of hydrogen-bond donors (Lipinski definition) is 2. The third-order valence-electron chi connectivity index (χ3n) is 3.98. The van der Waals surface area contributed by atoms with E-state index in [1.165, 1.54) is 17.4 Å². The molecule has 7 heteroatoms. The first-order valence-corrected chi connectivity index (χ1v) is 9.59. The van der Waals surface area contributed by atoms with E-state index in [-0.39, 0.29) is 10.9 Å². The van der Waals surface area contributed by atoms with Gasteiger partial charge in [0.15, 0.2) is 5.13 Å². The number of carboxylic acids is 1. The fourth-order valence-electron chi connectivity index (χ4n) is 2.62. The number of nitrogens with one attached hydrogen (secondary N) is 1. The van der Waals surface area contributed by atoms with Gasteiger partial charge in [-0.25, -0.2) is 9.78 Å². The number of aryl methyl sites for hydroxylation is 2. The normalized spacial score (nSPS) is 11.3. The molecule has 0 aliphatic rings. The van der Waals surface area contributed by atoms with Crippen LogP contribution in [0.15, 0.2) is 53.6 Å². The van der Waals surface area contributed by atoms with Crippen LogP contribution >= 0.6 is 22.9 Å². The van der Waals surface area contributed by atoms with Crippen molar-refractivity contribution in [3.8, 4) is 11.3 Å². The molecule has 3 rings (SSSR count). The lowest BCUT2D eigenvalue weighted by Crippen LogP contribution is -2.11. The summed E-state index contributed by atoms with van der Waals surface area (Å²) in [7, 11) is 0. The van der Waals surface area contributed by atoms with Crippen LogP contribution in [0.5, 0.6) is 0 Å². The van der Waals surface area contributed by atoms with Crippen molar-refractivity contribution in [3.05, 3.63) is 75.1 Å². The number of amides is 1. The zero-order chi connectivity index (χ0) is 20.3. The summed E-state index contributed by atoms with van der Waals surface area (Å²) in [6.07, 6.45) is 1.32. The molecule has 2 aromatic carbocycles. The van der Waals surface area contributed by atoms with Crippen LogP contribution in [-0.4, -0.2) is 22.0 Å². The minimum atomic E-state index is -1.20. The number of aromatic nitrogens is 1. The predicted molar refractivity (Wildman–Crippen MR) is 113 cm³/mol. The number of thiazole rings is 1. The molecular weight excluding hydrogens is 396 g/mol. The number of carboxylic acid groups (broad SMARTS) is 1. The van der Waals surface area contributed by atoms with Gasteiger partial charge in [0.25, 0.3) is 5.91 Å². The van der Waals surface area contributed by atoms with Crippen molar-refractivity contribution in [1.29, 1.82) is 0 Å². The molecule has 0 radical (unpaired) electrons. The van der Waals surface area contributed by atoms with Gasteiger partial charge < -0.3 is 5.11 Å². The Morgan fingerprint density at radius 3 is 2.50 bits per heavy atom. The summed E-state index contributed by atoms with van der Waals surface area (Å²) in [5.41, 5.74) is 4.05. The largest absolute Gasteiger partial charge is 0.477 e. The van der Waals surface area contributed by atoms with Crippen LogP contribution in [0.4, 0.5) is 5.13 Å². The molecule has 1 aromatic heterocycles. The van der Waals surface area contributed by atoms with Crippen LogP contribution in [-0.2, 0) is 4.79 Å². The monoisotopic (exact) mass is 412 g/mol. The molecule has 0 spiro atoms. The molecule has 0 saturated heterocycles. The summed E-state index contributed by atoms with van der Waals surface area (Å²) in [5, 5.41) is 11.8. The first-order valence-electron chi connectivity index (χ1n) is 8.40. The van der Waals surface area contributed by atoms with E-state index in [1.54, 1.807) is 24.3 Å². The lowest BCUT2D eigenvalue weighted by atomic mass is 10.1.